The summed E-state index contributed by atoms with van der Waals surface area (Å²) in [6.07, 6.45) is -2.59. The Labute approximate surface area is 128 Å². The third-order valence-electron chi connectivity index (χ3n) is 3.13. The minimum absolute atomic E-state index is 0.0860. The third kappa shape index (κ3) is 7.83. The lowest BCUT2D eigenvalue weighted by atomic mass is 10.2. The number of alkyl halides is 3. The van der Waals surface area contributed by atoms with Crippen molar-refractivity contribution in [3.05, 3.63) is 0 Å². The van der Waals surface area contributed by atoms with Crippen LogP contribution in [0.5, 0.6) is 0 Å². The van der Waals surface area contributed by atoms with Crippen molar-refractivity contribution < 1.29 is 22.7 Å². The number of hydrogen-bond donors (Lipinski definition) is 0. The zero-order valence-electron chi connectivity index (χ0n) is 12.8. The van der Waals surface area contributed by atoms with E-state index in [4.69, 9.17) is 4.74 Å². The van der Waals surface area contributed by atoms with Gasteiger partial charge in [-0.2, -0.15) is 24.9 Å². The van der Waals surface area contributed by atoms with Gasteiger partial charge in [0.2, 0.25) is 0 Å². The molecule has 0 spiro atoms. The van der Waals surface area contributed by atoms with Gasteiger partial charge in [0.25, 0.3) is 0 Å². The maximum atomic E-state index is 12.0. The van der Waals surface area contributed by atoms with Gasteiger partial charge < -0.3 is 9.64 Å². The van der Waals surface area contributed by atoms with Crippen LogP contribution in [0.3, 0.4) is 0 Å². The van der Waals surface area contributed by atoms with E-state index < -0.39 is 18.2 Å². The van der Waals surface area contributed by atoms with Gasteiger partial charge in [0.1, 0.15) is 5.60 Å². The van der Waals surface area contributed by atoms with Gasteiger partial charge in [0.15, 0.2) is 0 Å². The molecular weight excluding hydrogens is 303 g/mol. The van der Waals surface area contributed by atoms with Crippen molar-refractivity contribution in [1.29, 1.82) is 0 Å². The minimum Gasteiger partial charge on any atom is -0.444 e. The topological polar surface area (TPSA) is 29.5 Å². The third-order valence-corrected chi connectivity index (χ3v) is 4.15. The lowest BCUT2D eigenvalue weighted by molar-refractivity contribution is -0.129. The summed E-state index contributed by atoms with van der Waals surface area (Å²) in [5.41, 5.74) is -0.522. The molecule has 1 aliphatic heterocycles. The van der Waals surface area contributed by atoms with Crippen LogP contribution < -0.4 is 0 Å². The summed E-state index contributed by atoms with van der Waals surface area (Å²) in [6.45, 7) is 6.14. The number of amides is 1. The Bertz CT molecular complexity index is 342. The average Bonchev–Trinajstić information content (AvgIpc) is 2.73. The predicted octanol–water partition coefficient (Wildman–Crippen LogP) is 4.46. The second-order valence-electron chi connectivity index (χ2n) is 6.24. The Morgan fingerprint density at radius 3 is 2.52 bits per heavy atom. The van der Waals surface area contributed by atoms with Crippen LogP contribution in [0.1, 0.15) is 46.5 Å². The van der Waals surface area contributed by atoms with Crippen molar-refractivity contribution in [2.75, 3.05) is 18.1 Å². The van der Waals surface area contributed by atoms with Crippen molar-refractivity contribution in [2.24, 2.45) is 0 Å². The van der Waals surface area contributed by atoms with Gasteiger partial charge in [0.05, 0.1) is 6.42 Å². The van der Waals surface area contributed by atoms with Crippen molar-refractivity contribution >= 4 is 17.9 Å². The lowest BCUT2D eigenvalue weighted by Gasteiger charge is -2.28. The molecule has 0 N–H and O–H groups in total. The smallest absolute Gasteiger partial charge is 0.410 e. The van der Waals surface area contributed by atoms with E-state index in [1.807, 2.05) is 20.8 Å². The van der Waals surface area contributed by atoms with Crippen LogP contribution in [0, 0.1) is 0 Å². The molecule has 1 fully saturated rings. The summed E-state index contributed by atoms with van der Waals surface area (Å²) in [5, 5.41) is 0. The van der Waals surface area contributed by atoms with Crippen LogP contribution in [0.4, 0.5) is 18.0 Å². The van der Waals surface area contributed by atoms with Gasteiger partial charge in [-0.25, -0.2) is 4.79 Å². The van der Waals surface area contributed by atoms with E-state index >= 15 is 0 Å². The van der Waals surface area contributed by atoms with Crippen molar-refractivity contribution in [2.45, 2.75) is 64.3 Å². The lowest BCUT2D eigenvalue weighted by Crippen LogP contribution is -2.40. The molecule has 0 aromatic heterocycles. The molecule has 0 unspecified atom stereocenters. The Hall–Kier alpha value is -0.590. The Morgan fingerprint density at radius 1 is 1.29 bits per heavy atom. The number of ether oxygens (including phenoxy) is 1. The highest BCUT2D eigenvalue weighted by Crippen LogP contribution is 2.26. The summed E-state index contributed by atoms with van der Waals surface area (Å²) in [7, 11) is 0. The van der Waals surface area contributed by atoms with Crippen LogP contribution in [0.15, 0.2) is 0 Å². The number of rotatable bonds is 5. The molecule has 0 aromatic carbocycles. The highest BCUT2D eigenvalue weighted by molar-refractivity contribution is 7.99. The van der Waals surface area contributed by atoms with E-state index in [1.54, 1.807) is 4.90 Å². The normalized spacial score (nSPS) is 19.9. The zero-order valence-corrected chi connectivity index (χ0v) is 13.6. The van der Waals surface area contributed by atoms with Crippen LogP contribution in [0.2, 0.25) is 0 Å². The molecule has 0 radical (unpaired) electrons. The van der Waals surface area contributed by atoms with Crippen LogP contribution in [0.25, 0.3) is 0 Å². The Balaban J connectivity index is 2.29. The van der Waals surface area contributed by atoms with Crippen molar-refractivity contribution in [1.82, 2.24) is 4.90 Å². The number of carbonyl (C=O) groups excluding carboxylic acids is 1. The van der Waals surface area contributed by atoms with E-state index in [9.17, 15) is 18.0 Å². The number of carbonyl (C=O) groups is 1. The predicted molar refractivity (Wildman–Crippen MR) is 78.6 cm³/mol. The Kier molecular flexibility index (Phi) is 6.69. The monoisotopic (exact) mass is 327 g/mol. The first kappa shape index (κ1) is 18.5. The molecule has 0 aliphatic carbocycles. The van der Waals surface area contributed by atoms with Gasteiger partial charge >= 0.3 is 12.3 Å². The summed E-state index contributed by atoms with van der Waals surface area (Å²) in [6, 6.07) is 0.0956. The molecule has 0 bridgehead atoms. The second-order valence-corrected chi connectivity index (χ2v) is 7.46. The minimum atomic E-state index is -4.08. The van der Waals surface area contributed by atoms with Gasteiger partial charge in [0, 0.05) is 18.3 Å². The van der Waals surface area contributed by atoms with Gasteiger partial charge in [-0.15, -0.1) is 0 Å². The fourth-order valence-corrected chi connectivity index (χ4v) is 3.22. The standard InChI is InChI=1S/C14H24F3NO2S/c1-13(2,3)20-12(19)18-8-4-5-11(18)6-9-21-10-7-14(15,16)17/h11H,4-10H2,1-3H3/t11-/m1/s1. The number of hydrogen-bond acceptors (Lipinski definition) is 3. The molecule has 1 heterocycles. The Morgan fingerprint density at radius 2 is 1.95 bits per heavy atom. The number of nitrogens with zero attached hydrogens (tertiary/aromatic N) is 1. The molecule has 1 saturated heterocycles. The van der Waals surface area contributed by atoms with E-state index in [1.165, 1.54) is 11.8 Å². The summed E-state index contributed by atoms with van der Waals surface area (Å²) in [4.78, 5) is 13.8. The molecular formula is C14H24F3NO2S. The van der Waals surface area contributed by atoms with Gasteiger partial charge in [-0.05, 0) is 45.8 Å². The number of thioether (sulfide) groups is 1. The van der Waals surface area contributed by atoms with Gasteiger partial charge in [-0.1, -0.05) is 0 Å². The zero-order chi connectivity index (χ0) is 16.1. The molecule has 0 saturated carbocycles. The van der Waals surface area contributed by atoms with E-state index in [0.717, 1.165) is 19.3 Å². The fraction of sp³-hybridized carbons (Fsp3) is 0.929. The molecule has 7 heteroatoms. The second kappa shape index (κ2) is 7.61. The van der Waals surface area contributed by atoms with Crippen molar-refractivity contribution in [3.63, 3.8) is 0 Å². The molecule has 1 amide bonds. The van der Waals surface area contributed by atoms with Crippen LogP contribution in [-0.4, -0.2) is 46.9 Å². The van der Waals surface area contributed by atoms with Crippen molar-refractivity contribution in [3.8, 4) is 0 Å². The molecule has 1 aliphatic rings. The summed E-state index contributed by atoms with van der Waals surface area (Å²) < 4.78 is 41.4. The number of likely N-dealkylation sites (tertiary alicyclic amines) is 1. The number of halogens is 3. The maximum Gasteiger partial charge on any atom is 0.410 e. The van der Waals surface area contributed by atoms with E-state index in [2.05, 4.69) is 0 Å². The molecule has 21 heavy (non-hydrogen) atoms. The van der Waals surface area contributed by atoms with E-state index in [0.29, 0.717) is 12.3 Å². The quantitative estimate of drug-likeness (QED) is 0.698. The molecule has 0 aromatic rings. The van der Waals surface area contributed by atoms with Crippen LogP contribution in [-0.2, 0) is 4.74 Å². The average molecular weight is 327 g/mol. The highest BCUT2D eigenvalue weighted by atomic mass is 32.2. The molecule has 1 atom stereocenters. The highest BCUT2D eigenvalue weighted by Gasteiger charge is 2.32. The maximum absolute atomic E-state index is 12.0. The summed E-state index contributed by atoms with van der Waals surface area (Å²) >= 11 is 1.30. The van der Waals surface area contributed by atoms with E-state index in [-0.39, 0.29) is 17.9 Å². The fourth-order valence-electron chi connectivity index (χ4n) is 2.21. The first-order valence-electron chi connectivity index (χ1n) is 7.22. The first-order valence-corrected chi connectivity index (χ1v) is 8.38. The SMILES string of the molecule is CC(C)(C)OC(=O)N1CCC[C@@H]1CCSCCC(F)(F)F. The molecule has 1 rings (SSSR count). The molecule has 124 valence electrons. The van der Waals surface area contributed by atoms with Crippen LogP contribution >= 0.6 is 11.8 Å². The van der Waals surface area contributed by atoms with Gasteiger partial charge in [-0.3, -0.25) is 0 Å². The largest absolute Gasteiger partial charge is 0.444 e. The first-order chi connectivity index (χ1) is 9.58. The summed E-state index contributed by atoms with van der Waals surface area (Å²) in [5.74, 6) is 0.725. The molecule has 3 nitrogen and oxygen atoms in total.